The molecule has 0 fully saturated rings. The van der Waals surface area contributed by atoms with Gasteiger partial charge in [0.1, 0.15) is 18.2 Å². The lowest BCUT2D eigenvalue weighted by atomic mass is 10.0. The van der Waals surface area contributed by atoms with Crippen LogP contribution >= 0.6 is 0 Å². The average Bonchev–Trinajstić information content (AvgIpc) is 3.67. The number of hydrogen-bond donors (Lipinski definition) is 14. The van der Waals surface area contributed by atoms with Crippen molar-refractivity contribution in [2.75, 3.05) is 90.8 Å². The Labute approximate surface area is 411 Å². The molecule has 15 N–H and O–H groups in total. The maximum atomic E-state index is 13.5. The number of carbonyl (C=O) groups is 8. The number of amides is 9. The minimum atomic E-state index is -2.21. The van der Waals surface area contributed by atoms with Gasteiger partial charge in [-0.2, -0.15) is 0 Å². The summed E-state index contributed by atoms with van der Waals surface area (Å²) in [7, 11) is 0. The van der Waals surface area contributed by atoms with E-state index < -0.39 is 78.2 Å². The minimum absolute atomic E-state index is 0.00466. The molecular formula is C45H73N9O17. The highest BCUT2D eigenvalue weighted by atomic mass is 16.5. The van der Waals surface area contributed by atoms with Gasteiger partial charge in [-0.25, -0.2) is 4.79 Å². The van der Waals surface area contributed by atoms with Crippen molar-refractivity contribution in [2.45, 2.75) is 95.0 Å². The Bertz CT molecular complexity index is 1840. The van der Waals surface area contributed by atoms with E-state index in [0.29, 0.717) is 31.6 Å². The van der Waals surface area contributed by atoms with Crippen LogP contribution in [0.5, 0.6) is 0 Å². The van der Waals surface area contributed by atoms with Crippen molar-refractivity contribution in [2.24, 2.45) is 11.7 Å². The Morgan fingerprint density at radius 1 is 0.606 bits per heavy atom. The van der Waals surface area contributed by atoms with Gasteiger partial charge >= 0.3 is 6.03 Å². The van der Waals surface area contributed by atoms with Gasteiger partial charge < -0.3 is 87.8 Å². The molecule has 2 rings (SSSR count). The topological polar surface area (TPSA) is 399 Å². The summed E-state index contributed by atoms with van der Waals surface area (Å²) in [5.41, 5.74) is 5.71. The minimum Gasteiger partial charge on any atom is -0.394 e. The molecule has 400 valence electrons. The molecule has 0 radical (unpaired) electrons. The summed E-state index contributed by atoms with van der Waals surface area (Å²) in [5.74, 6) is -4.61. The van der Waals surface area contributed by atoms with E-state index in [0.717, 1.165) is 19.3 Å². The number of imide groups is 1. The van der Waals surface area contributed by atoms with Crippen LogP contribution in [0, 0.1) is 5.92 Å². The molecule has 1 heterocycles. The molecule has 0 spiro atoms. The Morgan fingerprint density at radius 3 is 1.65 bits per heavy atom. The number of ether oxygens (including phenoxy) is 3. The molecule has 1 aliphatic heterocycles. The number of nitrogens with two attached hydrogens (primary N) is 1. The third-order valence-corrected chi connectivity index (χ3v) is 10.6. The number of nitrogens with one attached hydrogen (secondary N) is 7. The predicted molar refractivity (Wildman–Crippen MR) is 252 cm³/mol. The molecule has 0 saturated carbocycles. The second-order valence-corrected chi connectivity index (χ2v) is 16.6. The van der Waals surface area contributed by atoms with E-state index in [1.807, 2.05) is 13.8 Å². The summed E-state index contributed by atoms with van der Waals surface area (Å²) < 4.78 is 15.7. The Balaban J connectivity index is 1.72. The Hall–Kier alpha value is -5.68. The Morgan fingerprint density at radius 2 is 1.13 bits per heavy atom. The van der Waals surface area contributed by atoms with Gasteiger partial charge in [0, 0.05) is 50.6 Å². The lowest BCUT2D eigenvalue weighted by Gasteiger charge is -2.25. The number of unbranched alkanes of at least 4 members (excludes halogenated alkanes) is 3. The first-order chi connectivity index (χ1) is 33.9. The lowest BCUT2D eigenvalue weighted by Crippen LogP contribution is -2.54. The van der Waals surface area contributed by atoms with Crippen LogP contribution in [0.1, 0.15) is 64.0 Å². The fourth-order valence-corrected chi connectivity index (χ4v) is 6.68. The predicted octanol–water partition coefficient (Wildman–Crippen LogP) is -4.47. The van der Waals surface area contributed by atoms with Gasteiger partial charge in [0.05, 0.1) is 52.3 Å². The van der Waals surface area contributed by atoms with Crippen molar-refractivity contribution in [3.8, 4) is 0 Å². The van der Waals surface area contributed by atoms with E-state index in [2.05, 4.69) is 37.2 Å². The summed E-state index contributed by atoms with van der Waals surface area (Å²) in [4.78, 5) is 99.7. The monoisotopic (exact) mass is 1010 g/mol. The van der Waals surface area contributed by atoms with E-state index in [9.17, 15) is 63.9 Å². The Kier molecular flexibility index (Phi) is 29.9. The SMILES string of the molecule is CC(C)[C@H](NCCCCCCN1C(=O)C=CC1=O)C(=O)N[C@@H](CCCNC(N)=O)C(=O)Nc1ccc(C(O)C(=O)NCCOCCOCCNC(=O)[C@@H](O)[C@@H](O)[C@H](O)[C@@H](O)C(=O)NCCOCCO)cc1. The van der Waals surface area contributed by atoms with Crippen LogP contribution in [0.4, 0.5) is 10.5 Å². The zero-order chi connectivity index (χ0) is 52.7. The third-order valence-electron chi connectivity index (χ3n) is 10.6. The van der Waals surface area contributed by atoms with E-state index in [-0.39, 0.29) is 102 Å². The number of urea groups is 1. The van der Waals surface area contributed by atoms with Crippen LogP contribution in [0.2, 0.25) is 0 Å². The molecule has 0 bridgehead atoms. The first kappa shape index (κ1) is 61.4. The summed E-state index contributed by atoms with van der Waals surface area (Å²) in [6.45, 7) is 4.56. The van der Waals surface area contributed by atoms with Crippen molar-refractivity contribution >= 4 is 53.1 Å². The number of aliphatic hydroxyl groups excluding tert-OH is 6. The molecule has 26 heteroatoms. The molecule has 1 aromatic rings. The first-order valence-electron chi connectivity index (χ1n) is 23.5. The number of hydrogen-bond acceptors (Lipinski definition) is 18. The summed E-state index contributed by atoms with van der Waals surface area (Å²) in [6, 6.07) is 3.48. The maximum Gasteiger partial charge on any atom is 0.312 e. The highest BCUT2D eigenvalue weighted by molar-refractivity contribution is 6.12. The number of carbonyl (C=O) groups excluding carboxylic acids is 8. The van der Waals surface area contributed by atoms with E-state index in [4.69, 9.17) is 25.1 Å². The van der Waals surface area contributed by atoms with Gasteiger partial charge in [-0.3, -0.25) is 38.5 Å². The van der Waals surface area contributed by atoms with Crippen LogP contribution in [0.15, 0.2) is 36.4 Å². The zero-order valence-corrected chi connectivity index (χ0v) is 40.2. The molecule has 7 atom stereocenters. The van der Waals surface area contributed by atoms with Crippen molar-refractivity contribution in [3.63, 3.8) is 0 Å². The van der Waals surface area contributed by atoms with E-state index >= 15 is 0 Å². The standard InChI is InChI=1S/C45H73N9O17/c1-28(2)34(47-15-5-3-4-6-20-54-32(56)13-14-33(54)57)41(64)53-31(8-7-16-51-45(46)68)40(63)52-30-11-9-29(10-12-30)35(58)42(65)48-18-23-70-26-27-71-24-19-50-44(67)39(62)37(60)36(59)38(61)43(66)49-17-22-69-25-21-55/h9-14,28,31,34-39,47,55,58-62H,3-8,15-27H2,1-2H3,(H,48,65)(H,49,66)(H,50,67)(H,52,63)(H,53,64)(H3,46,51,68)/t31-,34-,35?,36-,37-,38+,39-/m0/s1. The second-order valence-electron chi connectivity index (χ2n) is 16.6. The lowest BCUT2D eigenvalue weighted by molar-refractivity contribution is -0.155. The van der Waals surface area contributed by atoms with Crippen molar-refractivity contribution < 1.29 is 83.2 Å². The largest absolute Gasteiger partial charge is 0.394 e. The number of rotatable bonds is 38. The zero-order valence-electron chi connectivity index (χ0n) is 40.2. The van der Waals surface area contributed by atoms with Crippen LogP contribution in [-0.2, 0) is 47.8 Å². The molecule has 0 saturated heterocycles. The number of nitrogens with zero attached hydrogens (tertiary/aromatic N) is 1. The number of anilines is 1. The second kappa shape index (κ2) is 34.6. The smallest absolute Gasteiger partial charge is 0.312 e. The van der Waals surface area contributed by atoms with Crippen LogP contribution in [-0.4, -0.2) is 205 Å². The summed E-state index contributed by atoms with van der Waals surface area (Å²) in [5, 5.41) is 77.8. The summed E-state index contributed by atoms with van der Waals surface area (Å²) >= 11 is 0. The molecule has 0 aliphatic carbocycles. The van der Waals surface area contributed by atoms with E-state index in [1.165, 1.54) is 41.3 Å². The maximum absolute atomic E-state index is 13.5. The van der Waals surface area contributed by atoms with Gasteiger partial charge in [-0.05, 0) is 55.8 Å². The van der Waals surface area contributed by atoms with Crippen molar-refractivity contribution in [1.82, 2.24) is 36.8 Å². The molecule has 1 aliphatic rings. The quantitative estimate of drug-likeness (QED) is 0.0219. The molecule has 0 aromatic heterocycles. The van der Waals surface area contributed by atoms with Gasteiger partial charge in [-0.15, -0.1) is 0 Å². The fraction of sp³-hybridized carbons (Fsp3) is 0.644. The van der Waals surface area contributed by atoms with Gasteiger partial charge in [0.25, 0.3) is 29.5 Å². The number of primary amides is 1. The van der Waals surface area contributed by atoms with Crippen LogP contribution in [0.3, 0.4) is 0 Å². The first-order valence-corrected chi connectivity index (χ1v) is 23.5. The normalized spacial score (nSPS) is 15.3. The third kappa shape index (κ3) is 23.9. The van der Waals surface area contributed by atoms with Gasteiger partial charge in [0.2, 0.25) is 11.8 Å². The fourth-order valence-electron chi connectivity index (χ4n) is 6.68. The number of aliphatic hydroxyl groups is 6. The molecule has 1 aromatic carbocycles. The highest BCUT2D eigenvalue weighted by Gasteiger charge is 2.37. The molecule has 26 nitrogen and oxygen atoms in total. The number of benzene rings is 1. The van der Waals surface area contributed by atoms with E-state index in [1.54, 1.807) is 0 Å². The average molecular weight is 1010 g/mol. The van der Waals surface area contributed by atoms with Crippen molar-refractivity contribution in [3.05, 3.63) is 42.0 Å². The van der Waals surface area contributed by atoms with Crippen molar-refractivity contribution in [1.29, 1.82) is 0 Å². The highest BCUT2D eigenvalue weighted by Crippen LogP contribution is 2.18. The molecule has 1 unspecified atom stereocenters. The van der Waals surface area contributed by atoms with Gasteiger partial charge in [-0.1, -0.05) is 38.8 Å². The van der Waals surface area contributed by atoms with Crippen LogP contribution in [0.25, 0.3) is 0 Å². The van der Waals surface area contributed by atoms with Gasteiger partial charge in [0.15, 0.2) is 18.3 Å². The molecule has 71 heavy (non-hydrogen) atoms. The van der Waals surface area contributed by atoms with Crippen LogP contribution < -0.4 is 43.0 Å². The molecule has 9 amide bonds. The summed E-state index contributed by atoms with van der Waals surface area (Å²) in [6.07, 6.45) is -4.38. The molecular weight excluding hydrogens is 939 g/mol.